The zero-order chi connectivity index (χ0) is 40.1. The molecule has 1 amide bonds. The lowest BCUT2D eigenvalue weighted by molar-refractivity contribution is -0.144. The third-order valence-electron chi connectivity index (χ3n) is 12.2. The molecule has 12 nitrogen and oxygen atoms in total. The summed E-state index contributed by atoms with van der Waals surface area (Å²) in [5, 5.41) is 39.8. The molecule has 6 rings (SSSR count). The molecule has 12 heteroatoms. The van der Waals surface area contributed by atoms with Crippen molar-refractivity contribution in [2.24, 2.45) is 35.5 Å². The van der Waals surface area contributed by atoms with Gasteiger partial charge < -0.3 is 40.9 Å². The Kier molecular flexibility index (Phi) is 15.1. The Hall–Kier alpha value is -4.78. The summed E-state index contributed by atoms with van der Waals surface area (Å²) < 4.78 is 6.19. The normalized spacial score (nSPS) is 20.8. The molecule has 6 unspecified atom stereocenters. The van der Waals surface area contributed by atoms with Crippen molar-refractivity contribution in [3.8, 4) is 5.75 Å². The number of aliphatic carboxylic acids is 3. The Bertz CT molecular complexity index is 1820. The molecule has 3 aromatic rings. The van der Waals surface area contributed by atoms with Crippen LogP contribution in [0.5, 0.6) is 5.75 Å². The molecule has 306 valence electrons. The van der Waals surface area contributed by atoms with E-state index in [1.807, 2.05) is 72.8 Å². The van der Waals surface area contributed by atoms with Crippen LogP contribution in [0.1, 0.15) is 53.5 Å². The first-order chi connectivity index (χ1) is 27.6. The Morgan fingerprint density at radius 1 is 0.614 bits per heavy atom. The van der Waals surface area contributed by atoms with Crippen LogP contribution in [0.25, 0.3) is 0 Å². The molecule has 0 aromatic heterocycles. The van der Waals surface area contributed by atoms with E-state index >= 15 is 0 Å². The summed E-state index contributed by atoms with van der Waals surface area (Å²) in [5.41, 5.74) is 4.64. The molecule has 0 bridgehead atoms. The number of nitrogens with zero attached hydrogens (tertiary/aromatic N) is 1. The number of carbonyl (C=O) groups excluding carboxylic acids is 1. The van der Waals surface area contributed by atoms with E-state index in [0.717, 1.165) is 66.7 Å². The highest BCUT2D eigenvalue weighted by Gasteiger charge is 2.33. The van der Waals surface area contributed by atoms with Crippen LogP contribution in [-0.4, -0.2) is 96.5 Å². The van der Waals surface area contributed by atoms with E-state index in [1.54, 1.807) is 4.90 Å². The van der Waals surface area contributed by atoms with Gasteiger partial charge in [-0.15, -0.1) is 0 Å². The van der Waals surface area contributed by atoms with E-state index in [9.17, 15) is 34.5 Å². The van der Waals surface area contributed by atoms with Gasteiger partial charge in [0.1, 0.15) is 12.4 Å². The van der Waals surface area contributed by atoms with Gasteiger partial charge in [-0.2, -0.15) is 0 Å². The summed E-state index contributed by atoms with van der Waals surface area (Å²) in [6.07, 6.45) is 4.53. The number of benzene rings is 3. The molecule has 0 spiro atoms. The van der Waals surface area contributed by atoms with Crippen LogP contribution in [0.4, 0.5) is 0 Å². The zero-order valence-corrected chi connectivity index (χ0v) is 32.7. The second-order valence-electron chi connectivity index (χ2n) is 16.2. The van der Waals surface area contributed by atoms with Gasteiger partial charge in [0, 0.05) is 13.0 Å². The number of carbonyl (C=O) groups is 4. The quantitative estimate of drug-likeness (QED) is 0.0910. The van der Waals surface area contributed by atoms with E-state index in [0.29, 0.717) is 64.2 Å². The highest BCUT2D eigenvalue weighted by Crippen LogP contribution is 2.27. The molecule has 57 heavy (non-hydrogen) atoms. The minimum atomic E-state index is -0.792. The number of ether oxygens (including phenoxy) is 1. The third kappa shape index (κ3) is 12.1. The maximum atomic E-state index is 14.0. The van der Waals surface area contributed by atoms with Gasteiger partial charge in [0.05, 0.1) is 24.3 Å². The average Bonchev–Trinajstić information content (AvgIpc) is 4.03. The molecular weight excluding hydrogens is 725 g/mol. The van der Waals surface area contributed by atoms with E-state index in [1.165, 1.54) is 0 Å². The standard InChI is InChI=1S/C45H58N4O8/c50-42(11-10-30-4-1-5-31(20-30)23-39(43(51)52)35-12-15-46-26-35)49(29-34-8-2-6-32(21-34)24-40(44(53)54)36-13-16-47-27-36)18-19-57-38-9-3-7-33(22-38)25-41(45(55)56)37-14-17-48-28-37/h1-9,20-22,35-37,39-41,46-48H,10-19,23-29H2,(H,51,52)(H,53,54)(H,55,56). The van der Waals surface area contributed by atoms with Crippen molar-refractivity contribution < 1.29 is 39.2 Å². The summed E-state index contributed by atoms with van der Waals surface area (Å²) in [6, 6.07) is 23.3. The van der Waals surface area contributed by atoms with Crippen molar-refractivity contribution in [2.45, 2.75) is 57.9 Å². The molecule has 3 fully saturated rings. The largest absolute Gasteiger partial charge is 0.492 e. The number of hydrogen-bond donors (Lipinski definition) is 6. The van der Waals surface area contributed by atoms with Gasteiger partial charge >= 0.3 is 17.9 Å². The van der Waals surface area contributed by atoms with Crippen molar-refractivity contribution in [3.63, 3.8) is 0 Å². The topological polar surface area (TPSA) is 178 Å². The van der Waals surface area contributed by atoms with Crippen LogP contribution in [0.15, 0.2) is 72.8 Å². The molecule has 0 aliphatic carbocycles. The fourth-order valence-electron chi connectivity index (χ4n) is 8.91. The van der Waals surface area contributed by atoms with Crippen LogP contribution in [0.3, 0.4) is 0 Å². The first-order valence-electron chi connectivity index (χ1n) is 20.6. The summed E-state index contributed by atoms with van der Waals surface area (Å²) in [6.45, 7) is 5.45. The van der Waals surface area contributed by atoms with Crippen molar-refractivity contribution in [2.75, 3.05) is 52.4 Å². The fourth-order valence-corrected chi connectivity index (χ4v) is 8.91. The molecule has 0 radical (unpaired) electrons. The van der Waals surface area contributed by atoms with Crippen molar-refractivity contribution >= 4 is 23.8 Å². The van der Waals surface area contributed by atoms with Gasteiger partial charge in [0.15, 0.2) is 0 Å². The molecule has 3 aliphatic rings. The number of nitrogens with one attached hydrogen (secondary N) is 3. The lowest BCUT2D eigenvalue weighted by Crippen LogP contribution is -2.34. The van der Waals surface area contributed by atoms with Gasteiger partial charge in [0.25, 0.3) is 0 Å². The lowest BCUT2D eigenvalue weighted by atomic mass is 9.86. The van der Waals surface area contributed by atoms with Crippen molar-refractivity contribution in [3.05, 3.63) is 101 Å². The van der Waals surface area contributed by atoms with Crippen LogP contribution < -0.4 is 20.7 Å². The molecule has 6 atom stereocenters. The summed E-state index contributed by atoms with van der Waals surface area (Å²) in [7, 11) is 0. The second-order valence-corrected chi connectivity index (χ2v) is 16.2. The summed E-state index contributed by atoms with van der Waals surface area (Å²) >= 11 is 0. The van der Waals surface area contributed by atoms with Gasteiger partial charge in [0.2, 0.25) is 5.91 Å². The Labute approximate surface area is 335 Å². The second kappa shape index (κ2) is 20.6. The molecule has 3 aromatic carbocycles. The number of amides is 1. The number of carboxylic acids is 3. The van der Waals surface area contributed by atoms with E-state index in [-0.39, 0.29) is 36.7 Å². The summed E-state index contributed by atoms with van der Waals surface area (Å²) in [4.78, 5) is 52.3. The molecule has 3 aliphatic heterocycles. The minimum absolute atomic E-state index is 0.0569. The van der Waals surface area contributed by atoms with Gasteiger partial charge in [-0.1, -0.05) is 60.7 Å². The highest BCUT2D eigenvalue weighted by molar-refractivity contribution is 5.76. The number of hydrogen-bond acceptors (Lipinski definition) is 8. The monoisotopic (exact) mass is 782 g/mol. The molecule has 3 heterocycles. The predicted octanol–water partition coefficient (Wildman–Crippen LogP) is 4.29. The van der Waals surface area contributed by atoms with Crippen LogP contribution in [0, 0.1) is 35.5 Å². The van der Waals surface area contributed by atoms with Crippen molar-refractivity contribution in [1.82, 2.24) is 20.9 Å². The first-order valence-corrected chi connectivity index (χ1v) is 20.6. The fraction of sp³-hybridized carbons (Fsp3) is 0.511. The van der Waals surface area contributed by atoms with Crippen LogP contribution in [-0.2, 0) is 51.4 Å². The SMILES string of the molecule is O=C(O)C(Cc1cccc(CCC(=O)N(CCOc2cccc(CC(C(=O)O)C3CCNC3)c2)Cc2cccc(CC(C(=O)O)C3CCNC3)c2)c1)C1CCNC1. The molecule has 3 saturated heterocycles. The zero-order valence-electron chi connectivity index (χ0n) is 32.7. The maximum Gasteiger partial charge on any atom is 0.307 e. The van der Waals surface area contributed by atoms with Crippen LogP contribution >= 0.6 is 0 Å². The van der Waals surface area contributed by atoms with Gasteiger partial charge in [-0.3, -0.25) is 19.2 Å². The maximum absolute atomic E-state index is 14.0. The number of carboxylic acid groups (broad SMARTS) is 3. The van der Waals surface area contributed by atoms with Gasteiger partial charge in [-0.25, -0.2) is 0 Å². The van der Waals surface area contributed by atoms with Gasteiger partial charge in [-0.05, 0) is 142 Å². The highest BCUT2D eigenvalue weighted by atomic mass is 16.5. The molecular formula is C45H58N4O8. The number of aryl methyl sites for hydroxylation is 1. The Balaban J connectivity index is 1.12. The lowest BCUT2D eigenvalue weighted by Gasteiger charge is -2.24. The molecule has 6 N–H and O–H groups in total. The summed E-state index contributed by atoms with van der Waals surface area (Å²) in [5.74, 6) is -3.00. The predicted molar refractivity (Wildman–Crippen MR) is 216 cm³/mol. The number of rotatable bonds is 21. The van der Waals surface area contributed by atoms with Crippen LogP contribution in [0.2, 0.25) is 0 Å². The average molecular weight is 783 g/mol. The van der Waals surface area contributed by atoms with E-state index < -0.39 is 35.7 Å². The minimum Gasteiger partial charge on any atom is -0.492 e. The third-order valence-corrected chi connectivity index (χ3v) is 12.2. The smallest absolute Gasteiger partial charge is 0.307 e. The molecule has 0 saturated carbocycles. The van der Waals surface area contributed by atoms with E-state index in [4.69, 9.17) is 4.74 Å². The Morgan fingerprint density at radius 3 is 1.53 bits per heavy atom. The Morgan fingerprint density at radius 2 is 1.05 bits per heavy atom. The first kappa shape index (κ1) is 41.8. The van der Waals surface area contributed by atoms with E-state index in [2.05, 4.69) is 16.0 Å². The van der Waals surface area contributed by atoms with Crippen molar-refractivity contribution in [1.29, 1.82) is 0 Å².